The number of rotatable bonds is 10. The molecule has 2 heterocycles. The second-order valence-corrected chi connectivity index (χ2v) is 9.39. The number of ether oxygens (including phenoxy) is 2. The van der Waals surface area contributed by atoms with E-state index >= 15 is 0 Å². The quantitative estimate of drug-likeness (QED) is 0.559. The van der Waals surface area contributed by atoms with Gasteiger partial charge in [0, 0.05) is 19.6 Å². The van der Waals surface area contributed by atoms with E-state index in [0.29, 0.717) is 13.2 Å². The Labute approximate surface area is 192 Å². The minimum Gasteiger partial charge on any atom is -0.494 e. The third-order valence-electron chi connectivity index (χ3n) is 6.53. The van der Waals surface area contributed by atoms with Gasteiger partial charge < -0.3 is 19.5 Å². The monoisotopic (exact) mass is 438 g/mol. The molecule has 1 atom stereocenters. The van der Waals surface area contributed by atoms with Crippen LogP contribution < -0.4 is 9.47 Å². The maximum absolute atomic E-state index is 11.1. The molecule has 32 heavy (non-hydrogen) atoms. The van der Waals surface area contributed by atoms with Crippen molar-refractivity contribution >= 4 is 0 Å². The zero-order valence-electron chi connectivity index (χ0n) is 19.3. The summed E-state index contributed by atoms with van der Waals surface area (Å²) in [5.41, 5.74) is 0.420. The van der Waals surface area contributed by atoms with Crippen molar-refractivity contribution in [2.45, 2.75) is 50.7 Å². The van der Waals surface area contributed by atoms with Crippen LogP contribution in [0.15, 0.2) is 54.6 Å². The average Bonchev–Trinajstić information content (AvgIpc) is 2.82. The lowest BCUT2D eigenvalue weighted by Gasteiger charge is -2.39. The van der Waals surface area contributed by atoms with Gasteiger partial charge in [0.2, 0.25) is 0 Å². The zero-order chi connectivity index (χ0) is 22.1. The number of benzene rings is 2. The number of β-amino-alcohol motifs (C(OH)–C–C–N with tert-alkyl or cyclic N) is 1. The van der Waals surface area contributed by atoms with Gasteiger partial charge in [0.1, 0.15) is 23.7 Å². The predicted octanol–water partition coefficient (Wildman–Crippen LogP) is 4.35. The summed E-state index contributed by atoms with van der Waals surface area (Å²) in [6.07, 6.45) is 6.89. The first-order valence-corrected chi connectivity index (χ1v) is 12.3. The molecule has 2 aromatic carbocycles. The molecule has 1 N–H and O–H groups in total. The lowest BCUT2D eigenvalue weighted by Crippen LogP contribution is -2.51. The van der Waals surface area contributed by atoms with Gasteiger partial charge in [-0.3, -0.25) is 4.90 Å². The van der Waals surface area contributed by atoms with Gasteiger partial charge in [-0.25, -0.2) is 0 Å². The van der Waals surface area contributed by atoms with Crippen LogP contribution >= 0.6 is 0 Å². The van der Waals surface area contributed by atoms with E-state index in [-0.39, 0.29) is 0 Å². The SMILES string of the molecule is O[C@@]1(COc2ccccc2)CCCN(Cc2cccc(OCCCN3CCCCC3)c2)C1. The summed E-state index contributed by atoms with van der Waals surface area (Å²) in [5.74, 6) is 1.75. The zero-order valence-corrected chi connectivity index (χ0v) is 19.3. The Morgan fingerprint density at radius 3 is 2.44 bits per heavy atom. The first kappa shape index (κ1) is 23.1. The maximum Gasteiger partial charge on any atom is 0.119 e. The van der Waals surface area contributed by atoms with Gasteiger partial charge in [-0.05, 0) is 81.6 Å². The highest BCUT2D eigenvalue weighted by atomic mass is 16.5. The molecule has 0 aliphatic carbocycles. The van der Waals surface area contributed by atoms with Crippen LogP contribution in [0, 0.1) is 0 Å². The largest absolute Gasteiger partial charge is 0.494 e. The molecular weight excluding hydrogens is 400 g/mol. The van der Waals surface area contributed by atoms with Crippen molar-refractivity contribution < 1.29 is 14.6 Å². The lowest BCUT2D eigenvalue weighted by molar-refractivity contribution is -0.0621. The smallest absolute Gasteiger partial charge is 0.119 e. The fourth-order valence-electron chi connectivity index (χ4n) is 4.85. The van der Waals surface area contributed by atoms with Crippen LogP contribution in [0.3, 0.4) is 0 Å². The van der Waals surface area contributed by atoms with E-state index in [0.717, 1.165) is 57.0 Å². The molecule has 2 fully saturated rings. The molecular formula is C27H38N2O3. The van der Waals surface area contributed by atoms with Crippen molar-refractivity contribution in [3.8, 4) is 11.5 Å². The Kier molecular flexibility index (Phi) is 8.43. The number of para-hydroxylation sites is 1. The van der Waals surface area contributed by atoms with Crippen LogP contribution in [0.2, 0.25) is 0 Å². The van der Waals surface area contributed by atoms with Crippen molar-refractivity contribution in [1.82, 2.24) is 9.80 Å². The number of piperidine rings is 2. The van der Waals surface area contributed by atoms with E-state index in [2.05, 4.69) is 28.0 Å². The topological polar surface area (TPSA) is 45.2 Å². The van der Waals surface area contributed by atoms with Crippen LogP contribution in [0.5, 0.6) is 11.5 Å². The fraction of sp³-hybridized carbons (Fsp3) is 0.556. The number of nitrogens with zero attached hydrogens (tertiary/aromatic N) is 2. The van der Waals surface area contributed by atoms with Crippen LogP contribution in [0.4, 0.5) is 0 Å². The average molecular weight is 439 g/mol. The molecule has 5 nitrogen and oxygen atoms in total. The van der Waals surface area contributed by atoms with E-state index < -0.39 is 5.60 Å². The molecule has 0 bridgehead atoms. The van der Waals surface area contributed by atoms with Crippen molar-refractivity contribution in [2.24, 2.45) is 0 Å². The summed E-state index contributed by atoms with van der Waals surface area (Å²) in [6.45, 7) is 7.15. The predicted molar refractivity (Wildman–Crippen MR) is 128 cm³/mol. The molecule has 174 valence electrons. The van der Waals surface area contributed by atoms with Gasteiger partial charge in [0.05, 0.1) is 6.61 Å². The van der Waals surface area contributed by atoms with Crippen LogP contribution in [-0.2, 0) is 6.54 Å². The number of likely N-dealkylation sites (tertiary alicyclic amines) is 2. The third-order valence-corrected chi connectivity index (χ3v) is 6.53. The summed E-state index contributed by atoms with van der Waals surface area (Å²) in [7, 11) is 0. The maximum atomic E-state index is 11.1. The highest BCUT2D eigenvalue weighted by Crippen LogP contribution is 2.25. The van der Waals surface area contributed by atoms with E-state index in [4.69, 9.17) is 9.47 Å². The minimum atomic E-state index is -0.809. The van der Waals surface area contributed by atoms with Crippen LogP contribution in [-0.4, -0.2) is 66.4 Å². The molecule has 5 heteroatoms. The van der Waals surface area contributed by atoms with Crippen molar-refractivity contribution in [3.05, 3.63) is 60.2 Å². The van der Waals surface area contributed by atoms with Gasteiger partial charge in [0.25, 0.3) is 0 Å². The molecule has 0 aromatic heterocycles. The summed E-state index contributed by atoms with van der Waals surface area (Å²) in [4.78, 5) is 4.88. The van der Waals surface area contributed by atoms with Gasteiger partial charge in [-0.15, -0.1) is 0 Å². The summed E-state index contributed by atoms with van der Waals surface area (Å²) >= 11 is 0. The number of aliphatic hydroxyl groups is 1. The van der Waals surface area contributed by atoms with Crippen LogP contribution in [0.1, 0.15) is 44.1 Å². The van der Waals surface area contributed by atoms with Crippen molar-refractivity contribution in [1.29, 1.82) is 0 Å². The number of hydrogen-bond acceptors (Lipinski definition) is 5. The van der Waals surface area contributed by atoms with Crippen molar-refractivity contribution in [2.75, 3.05) is 45.9 Å². The lowest BCUT2D eigenvalue weighted by atomic mass is 9.93. The molecule has 2 aliphatic heterocycles. The first-order chi connectivity index (χ1) is 15.7. The summed E-state index contributed by atoms with van der Waals surface area (Å²) in [6, 6.07) is 18.2. The number of hydrogen-bond donors (Lipinski definition) is 1. The normalized spacial score (nSPS) is 22.5. The van der Waals surface area contributed by atoms with Gasteiger partial charge in [-0.2, -0.15) is 0 Å². The Hall–Kier alpha value is -2.08. The summed E-state index contributed by atoms with van der Waals surface area (Å²) < 4.78 is 11.9. The van der Waals surface area contributed by atoms with E-state index in [1.165, 1.54) is 37.9 Å². The highest BCUT2D eigenvalue weighted by Gasteiger charge is 2.34. The molecule has 2 aromatic rings. The second kappa shape index (κ2) is 11.7. The minimum absolute atomic E-state index is 0.327. The molecule has 4 rings (SSSR count). The third kappa shape index (κ3) is 7.22. The van der Waals surface area contributed by atoms with Crippen molar-refractivity contribution in [3.63, 3.8) is 0 Å². The Morgan fingerprint density at radius 2 is 1.59 bits per heavy atom. The fourth-order valence-corrected chi connectivity index (χ4v) is 4.85. The Morgan fingerprint density at radius 1 is 0.812 bits per heavy atom. The van der Waals surface area contributed by atoms with E-state index in [9.17, 15) is 5.11 Å². The second-order valence-electron chi connectivity index (χ2n) is 9.39. The summed E-state index contributed by atoms with van der Waals surface area (Å²) in [5, 5.41) is 11.1. The highest BCUT2D eigenvalue weighted by molar-refractivity contribution is 5.28. The van der Waals surface area contributed by atoms with Gasteiger partial charge in [0.15, 0.2) is 0 Å². The van der Waals surface area contributed by atoms with E-state index in [1.54, 1.807) is 0 Å². The Balaban J connectivity index is 1.22. The molecule has 0 unspecified atom stereocenters. The molecule has 0 radical (unpaired) electrons. The standard InChI is InChI=1S/C27H38N2O3/c30-27(23-32-25-11-3-1-4-12-25)14-8-17-29(22-27)21-24-10-7-13-26(20-24)31-19-9-18-28-15-5-2-6-16-28/h1,3-4,7,10-13,20,30H,2,5-6,8-9,14-19,21-23H2/t27-/m0/s1. The molecule has 2 saturated heterocycles. The first-order valence-electron chi connectivity index (χ1n) is 12.3. The van der Waals surface area contributed by atoms with Gasteiger partial charge in [-0.1, -0.05) is 36.8 Å². The molecule has 0 saturated carbocycles. The van der Waals surface area contributed by atoms with Gasteiger partial charge >= 0.3 is 0 Å². The molecule has 0 amide bonds. The molecule has 0 spiro atoms. The van der Waals surface area contributed by atoms with Crippen LogP contribution in [0.25, 0.3) is 0 Å². The Bertz CT molecular complexity index is 810. The molecule has 2 aliphatic rings. The van der Waals surface area contributed by atoms with E-state index in [1.807, 2.05) is 36.4 Å².